The summed E-state index contributed by atoms with van der Waals surface area (Å²) < 4.78 is 8.69. The fraction of sp³-hybridized carbons (Fsp3) is 0.333. The summed E-state index contributed by atoms with van der Waals surface area (Å²) >= 11 is 10.2. The summed E-state index contributed by atoms with van der Waals surface area (Å²) in [6.07, 6.45) is 0. The first-order valence-electron chi connectivity index (χ1n) is 4.61. The third-order valence-corrected chi connectivity index (χ3v) is 3.92. The first-order chi connectivity index (χ1) is 7.72. The average Bonchev–Trinajstić information content (AvgIpc) is 2.82. The Morgan fingerprint density at radius 2 is 2.50 bits per heavy atom. The van der Waals surface area contributed by atoms with Crippen molar-refractivity contribution in [1.29, 1.82) is 0 Å². The number of nitrogens with one attached hydrogen (secondary N) is 1. The lowest BCUT2D eigenvalue weighted by atomic mass is 10.3. The molecule has 0 amide bonds. The van der Waals surface area contributed by atoms with E-state index in [1.807, 2.05) is 16.0 Å². The van der Waals surface area contributed by atoms with Gasteiger partial charge in [0.15, 0.2) is 10.6 Å². The van der Waals surface area contributed by atoms with Gasteiger partial charge in [0.1, 0.15) is 0 Å². The minimum absolute atomic E-state index is 0.617. The lowest BCUT2D eigenvalue weighted by molar-refractivity contribution is 0.187. The van der Waals surface area contributed by atoms with Crippen LogP contribution < -0.4 is 0 Å². The van der Waals surface area contributed by atoms with Gasteiger partial charge in [-0.2, -0.15) is 5.10 Å². The number of nitrogens with zero attached hydrogens (tertiary/aromatic N) is 2. The van der Waals surface area contributed by atoms with Crippen LogP contribution in [0.4, 0.5) is 0 Å². The molecule has 1 N–H and O–H groups in total. The zero-order valence-corrected chi connectivity index (χ0v) is 11.8. The lowest BCUT2D eigenvalue weighted by Crippen LogP contribution is -2.05. The number of ether oxygens (including phenoxy) is 1. The molecule has 0 radical (unpaired) electrons. The normalized spacial score (nSPS) is 10.9. The second-order valence-corrected chi connectivity index (χ2v) is 5.81. The van der Waals surface area contributed by atoms with Crippen molar-refractivity contribution >= 4 is 39.5 Å². The van der Waals surface area contributed by atoms with Gasteiger partial charge in [-0.05, 0) is 34.2 Å². The number of H-pyrrole nitrogens is 1. The Labute approximate surface area is 110 Å². The summed E-state index contributed by atoms with van der Waals surface area (Å²) in [6.45, 7) is 1.32. The molecule has 7 heteroatoms. The van der Waals surface area contributed by atoms with E-state index in [2.05, 4.69) is 26.1 Å². The third-order valence-electron chi connectivity index (χ3n) is 2.10. The van der Waals surface area contributed by atoms with E-state index < -0.39 is 0 Å². The fourth-order valence-corrected chi connectivity index (χ4v) is 2.71. The molecule has 2 heterocycles. The molecule has 86 valence electrons. The van der Waals surface area contributed by atoms with Crippen molar-refractivity contribution in [2.24, 2.45) is 0 Å². The van der Waals surface area contributed by atoms with Crippen molar-refractivity contribution < 1.29 is 4.74 Å². The first kappa shape index (κ1) is 12.0. The van der Waals surface area contributed by atoms with E-state index in [1.165, 1.54) is 0 Å². The van der Waals surface area contributed by atoms with Crippen molar-refractivity contribution in [3.8, 4) is 11.4 Å². The maximum absolute atomic E-state index is 5.17. The summed E-state index contributed by atoms with van der Waals surface area (Å²) in [5.41, 5.74) is 1.06. The molecule has 0 aliphatic heterocycles. The molecular formula is C9H10BrN3OS2. The largest absolute Gasteiger partial charge is 0.383 e. The van der Waals surface area contributed by atoms with Crippen LogP contribution in [0.2, 0.25) is 0 Å². The van der Waals surface area contributed by atoms with Gasteiger partial charge in [-0.15, -0.1) is 11.3 Å². The van der Waals surface area contributed by atoms with Crippen molar-refractivity contribution in [3.05, 3.63) is 20.0 Å². The van der Waals surface area contributed by atoms with Crippen LogP contribution >= 0.6 is 39.5 Å². The predicted octanol–water partition coefficient (Wildman–Crippen LogP) is 3.08. The second kappa shape index (κ2) is 5.22. The van der Waals surface area contributed by atoms with Crippen LogP contribution in [-0.4, -0.2) is 28.5 Å². The highest BCUT2D eigenvalue weighted by Crippen LogP contribution is 2.27. The van der Waals surface area contributed by atoms with Crippen molar-refractivity contribution in [1.82, 2.24) is 14.8 Å². The predicted molar refractivity (Wildman–Crippen MR) is 70.3 cm³/mol. The summed E-state index contributed by atoms with van der Waals surface area (Å²) in [4.78, 5) is 0. The topological polar surface area (TPSA) is 42.8 Å². The van der Waals surface area contributed by atoms with Gasteiger partial charge in [0.05, 0.1) is 16.9 Å². The molecule has 0 bridgehead atoms. The molecule has 0 aromatic carbocycles. The molecule has 0 unspecified atom stereocenters. The smallest absolute Gasteiger partial charge is 0.195 e. The quantitative estimate of drug-likeness (QED) is 0.881. The number of thiophene rings is 1. The number of aromatic nitrogens is 3. The van der Waals surface area contributed by atoms with Gasteiger partial charge in [0, 0.05) is 18.1 Å². The van der Waals surface area contributed by atoms with Gasteiger partial charge in [-0.3, -0.25) is 9.67 Å². The van der Waals surface area contributed by atoms with E-state index >= 15 is 0 Å². The number of hydrogen-bond donors (Lipinski definition) is 1. The number of methoxy groups -OCH3 is 1. The summed E-state index contributed by atoms with van der Waals surface area (Å²) in [5.74, 6) is 0.851. The number of aromatic amines is 1. The Hall–Kier alpha value is -0.500. The van der Waals surface area contributed by atoms with Crippen LogP contribution in [0, 0.1) is 4.77 Å². The van der Waals surface area contributed by atoms with Crippen LogP contribution in [0.5, 0.6) is 0 Å². The zero-order valence-electron chi connectivity index (χ0n) is 8.57. The Morgan fingerprint density at radius 1 is 1.69 bits per heavy atom. The molecule has 0 atom stereocenters. The molecule has 2 aromatic rings. The lowest BCUT2D eigenvalue weighted by Gasteiger charge is -2.03. The molecule has 0 spiro atoms. The molecule has 0 saturated carbocycles. The standard InChI is InChI=1S/C9H10BrN3OS2/c1-14-3-2-13-8(11-12-9(13)15)6-4-7(10)16-5-6/h4-5H,2-3H2,1H3,(H,12,15). The SMILES string of the molecule is COCCn1c(-c2csc(Br)c2)n[nH]c1=S. The molecule has 0 saturated heterocycles. The van der Waals surface area contributed by atoms with E-state index in [4.69, 9.17) is 17.0 Å². The molecule has 4 nitrogen and oxygen atoms in total. The molecule has 0 aliphatic rings. The minimum atomic E-state index is 0.617. The molecule has 2 rings (SSSR count). The third kappa shape index (κ3) is 2.42. The maximum Gasteiger partial charge on any atom is 0.195 e. The summed E-state index contributed by atoms with van der Waals surface area (Å²) in [7, 11) is 1.67. The second-order valence-electron chi connectivity index (χ2n) is 3.14. The Bertz CT molecular complexity index is 531. The van der Waals surface area contributed by atoms with E-state index in [0.717, 1.165) is 15.2 Å². The molecule has 0 aliphatic carbocycles. The van der Waals surface area contributed by atoms with Crippen LogP contribution in [0.3, 0.4) is 0 Å². The number of hydrogen-bond acceptors (Lipinski definition) is 4. The molecule has 0 fully saturated rings. The van der Waals surface area contributed by atoms with Crippen LogP contribution in [-0.2, 0) is 11.3 Å². The maximum atomic E-state index is 5.17. The van der Waals surface area contributed by atoms with E-state index in [0.29, 0.717) is 17.9 Å². The number of rotatable bonds is 4. The Morgan fingerprint density at radius 3 is 3.12 bits per heavy atom. The van der Waals surface area contributed by atoms with Gasteiger partial charge in [0.2, 0.25) is 0 Å². The van der Waals surface area contributed by atoms with Crippen LogP contribution in [0.15, 0.2) is 15.2 Å². The van der Waals surface area contributed by atoms with Crippen LogP contribution in [0.25, 0.3) is 11.4 Å². The Balaban J connectivity index is 2.37. The van der Waals surface area contributed by atoms with E-state index in [1.54, 1.807) is 18.4 Å². The van der Waals surface area contributed by atoms with Crippen molar-refractivity contribution in [2.75, 3.05) is 13.7 Å². The van der Waals surface area contributed by atoms with Gasteiger partial charge >= 0.3 is 0 Å². The van der Waals surface area contributed by atoms with Gasteiger partial charge < -0.3 is 4.74 Å². The molecular weight excluding hydrogens is 310 g/mol. The molecule has 2 aromatic heterocycles. The zero-order chi connectivity index (χ0) is 11.5. The Kier molecular flexibility index (Phi) is 3.91. The highest BCUT2D eigenvalue weighted by Gasteiger charge is 2.09. The minimum Gasteiger partial charge on any atom is -0.383 e. The van der Waals surface area contributed by atoms with E-state index in [-0.39, 0.29) is 0 Å². The monoisotopic (exact) mass is 319 g/mol. The highest BCUT2D eigenvalue weighted by atomic mass is 79.9. The average molecular weight is 320 g/mol. The van der Waals surface area contributed by atoms with E-state index in [9.17, 15) is 0 Å². The molecule has 16 heavy (non-hydrogen) atoms. The van der Waals surface area contributed by atoms with Gasteiger partial charge in [-0.25, -0.2) is 0 Å². The first-order valence-corrected chi connectivity index (χ1v) is 6.69. The van der Waals surface area contributed by atoms with Gasteiger partial charge in [0.25, 0.3) is 0 Å². The van der Waals surface area contributed by atoms with Crippen molar-refractivity contribution in [2.45, 2.75) is 6.54 Å². The summed E-state index contributed by atoms with van der Waals surface area (Å²) in [5, 5.41) is 9.07. The van der Waals surface area contributed by atoms with Crippen molar-refractivity contribution in [3.63, 3.8) is 0 Å². The highest BCUT2D eigenvalue weighted by molar-refractivity contribution is 9.11. The number of halogens is 1. The fourth-order valence-electron chi connectivity index (χ4n) is 1.36. The van der Waals surface area contributed by atoms with Gasteiger partial charge in [-0.1, -0.05) is 0 Å². The summed E-state index contributed by atoms with van der Waals surface area (Å²) in [6, 6.07) is 2.03. The van der Waals surface area contributed by atoms with Crippen LogP contribution in [0.1, 0.15) is 0 Å².